The highest BCUT2D eigenvalue weighted by molar-refractivity contribution is 4.81. The van der Waals surface area contributed by atoms with Crippen LogP contribution in [-0.4, -0.2) is 33.6 Å². The van der Waals surface area contributed by atoms with Gasteiger partial charge in [0.15, 0.2) is 0 Å². The molecule has 0 spiro atoms. The van der Waals surface area contributed by atoms with Crippen LogP contribution in [0.25, 0.3) is 0 Å². The van der Waals surface area contributed by atoms with Crippen molar-refractivity contribution in [3.05, 3.63) is 0 Å². The lowest BCUT2D eigenvalue weighted by Crippen LogP contribution is -2.40. The van der Waals surface area contributed by atoms with Crippen molar-refractivity contribution in [3.8, 4) is 0 Å². The largest absolute Gasteiger partial charge is 0.396 e. The number of unbranched alkanes of at least 4 members (excludes halogenated alkanes) is 6. The standard InChI is InChI=1S/C14H30O3/c1-3-4-5-6-7-8-9-10-13(16)14(2,17)11-12-15/h13,15-17H,3-12H2,1-2H3. The van der Waals surface area contributed by atoms with E-state index in [1.807, 2.05) is 0 Å². The predicted molar refractivity (Wildman–Crippen MR) is 70.9 cm³/mol. The van der Waals surface area contributed by atoms with Gasteiger partial charge >= 0.3 is 0 Å². The molecule has 0 aromatic heterocycles. The summed E-state index contributed by atoms with van der Waals surface area (Å²) in [6.07, 6.45) is 8.60. The summed E-state index contributed by atoms with van der Waals surface area (Å²) >= 11 is 0. The number of hydrogen-bond donors (Lipinski definition) is 3. The van der Waals surface area contributed by atoms with Crippen LogP contribution in [0.3, 0.4) is 0 Å². The molecule has 0 saturated heterocycles. The van der Waals surface area contributed by atoms with Crippen LogP contribution >= 0.6 is 0 Å². The number of aliphatic hydroxyl groups excluding tert-OH is 2. The first-order valence-electron chi connectivity index (χ1n) is 7.06. The van der Waals surface area contributed by atoms with Crippen LogP contribution in [0.2, 0.25) is 0 Å². The summed E-state index contributed by atoms with van der Waals surface area (Å²) in [6, 6.07) is 0. The zero-order valence-electron chi connectivity index (χ0n) is 11.5. The van der Waals surface area contributed by atoms with Gasteiger partial charge in [-0.15, -0.1) is 0 Å². The molecule has 0 rings (SSSR count). The monoisotopic (exact) mass is 246 g/mol. The summed E-state index contributed by atoms with van der Waals surface area (Å²) < 4.78 is 0. The quantitative estimate of drug-likeness (QED) is 0.491. The highest BCUT2D eigenvalue weighted by Crippen LogP contribution is 2.20. The topological polar surface area (TPSA) is 60.7 Å². The van der Waals surface area contributed by atoms with Gasteiger partial charge in [-0.2, -0.15) is 0 Å². The normalized spacial score (nSPS) is 16.8. The molecule has 2 atom stereocenters. The van der Waals surface area contributed by atoms with E-state index in [1.165, 1.54) is 32.1 Å². The third-order valence-corrected chi connectivity index (χ3v) is 3.42. The maximum absolute atomic E-state index is 9.85. The van der Waals surface area contributed by atoms with Crippen molar-refractivity contribution < 1.29 is 15.3 Å². The summed E-state index contributed by atoms with van der Waals surface area (Å²) in [7, 11) is 0. The van der Waals surface area contributed by atoms with Gasteiger partial charge in [0.25, 0.3) is 0 Å². The lowest BCUT2D eigenvalue weighted by atomic mass is 9.91. The molecular weight excluding hydrogens is 216 g/mol. The van der Waals surface area contributed by atoms with E-state index in [-0.39, 0.29) is 13.0 Å². The van der Waals surface area contributed by atoms with Gasteiger partial charge in [0.05, 0.1) is 11.7 Å². The number of rotatable bonds is 11. The molecule has 0 bridgehead atoms. The smallest absolute Gasteiger partial charge is 0.0899 e. The summed E-state index contributed by atoms with van der Waals surface area (Å²) in [5.74, 6) is 0. The van der Waals surface area contributed by atoms with Crippen molar-refractivity contribution in [2.75, 3.05) is 6.61 Å². The van der Waals surface area contributed by atoms with Gasteiger partial charge in [0, 0.05) is 13.0 Å². The van der Waals surface area contributed by atoms with Crippen molar-refractivity contribution in [2.24, 2.45) is 0 Å². The van der Waals surface area contributed by atoms with Crippen LogP contribution in [-0.2, 0) is 0 Å². The molecule has 17 heavy (non-hydrogen) atoms. The van der Waals surface area contributed by atoms with Crippen LogP contribution in [0, 0.1) is 0 Å². The fraction of sp³-hybridized carbons (Fsp3) is 1.00. The number of aliphatic hydroxyl groups is 3. The van der Waals surface area contributed by atoms with E-state index in [1.54, 1.807) is 6.92 Å². The molecule has 0 amide bonds. The Hall–Kier alpha value is -0.120. The van der Waals surface area contributed by atoms with Crippen molar-refractivity contribution in [2.45, 2.75) is 83.3 Å². The van der Waals surface area contributed by atoms with Crippen LogP contribution in [0.5, 0.6) is 0 Å². The van der Waals surface area contributed by atoms with E-state index in [0.29, 0.717) is 6.42 Å². The third-order valence-electron chi connectivity index (χ3n) is 3.42. The van der Waals surface area contributed by atoms with Crippen LogP contribution in [0.1, 0.15) is 71.6 Å². The second kappa shape index (κ2) is 9.86. The average Bonchev–Trinajstić information content (AvgIpc) is 2.27. The lowest BCUT2D eigenvalue weighted by Gasteiger charge is -2.28. The van der Waals surface area contributed by atoms with Crippen molar-refractivity contribution in [3.63, 3.8) is 0 Å². The molecule has 0 heterocycles. The first kappa shape index (κ1) is 16.9. The van der Waals surface area contributed by atoms with E-state index < -0.39 is 11.7 Å². The summed E-state index contributed by atoms with van der Waals surface area (Å²) in [4.78, 5) is 0. The zero-order chi connectivity index (χ0) is 13.1. The second-order valence-corrected chi connectivity index (χ2v) is 5.26. The second-order valence-electron chi connectivity index (χ2n) is 5.26. The SMILES string of the molecule is CCCCCCCCCC(O)C(C)(O)CCO. The van der Waals surface area contributed by atoms with E-state index in [9.17, 15) is 10.2 Å². The Bertz CT molecular complexity index is 169. The van der Waals surface area contributed by atoms with Crippen LogP contribution < -0.4 is 0 Å². The molecule has 104 valence electrons. The van der Waals surface area contributed by atoms with Gasteiger partial charge in [-0.05, 0) is 13.3 Å². The van der Waals surface area contributed by atoms with Crippen LogP contribution in [0.4, 0.5) is 0 Å². The molecule has 0 aliphatic rings. The molecule has 0 aliphatic carbocycles. The number of hydrogen-bond acceptors (Lipinski definition) is 3. The molecule has 3 N–H and O–H groups in total. The van der Waals surface area contributed by atoms with E-state index in [2.05, 4.69) is 6.92 Å². The Morgan fingerprint density at radius 1 is 1.00 bits per heavy atom. The molecule has 0 saturated carbocycles. The van der Waals surface area contributed by atoms with Gasteiger partial charge in [-0.1, -0.05) is 51.9 Å². The first-order chi connectivity index (χ1) is 8.04. The molecule has 0 fully saturated rings. The van der Waals surface area contributed by atoms with Gasteiger partial charge < -0.3 is 15.3 Å². The summed E-state index contributed by atoms with van der Waals surface area (Å²) in [5.41, 5.74) is -1.14. The molecule has 0 aromatic rings. The minimum Gasteiger partial charge on any atom is -0.396 e. The molecule has 0 aliphatic heterocycles. The highest BCUT2D eigenvalue weighted by atomic mass is 16.3. The van der Waals surface area contributed by atoms with Crippen LogP contribution in [0.15, 0.2) is 0 Å². The molecule has 3 nitrogen and oxygen atoms in total. The Balaban J connectivity index is 3.47. The maximum atomic E-state index is 9.85. The van der Waals surface area contributed by atoms with Gasteiger partial charge in [0.2, 0.25) is 0 Å². The fourth-order valence-electron chi connectivity index (χ4n) is 2.00. The highest BCUT2D eigenvalue weighted by Gasteiger charge is 2.28. The van der Waals surface area contributed by atoms with Gasteiger partial charge in [-0.25, -0.2) is 0 Å². The minimum absolute atomic E-state index is 0.0823. The Morgan fingerprint density at radius 2 is 1.53 bits per heavy atom. The van der Waals surface area contributed by atoms with E-state index >= 15 is 0 Å². The minimum atomic E-state index is -1.14. The zero-order valence-corrected chi connectivity index (χ0v) is 11.5. The van der Waals surface area contributed by atoms with Crippen molar-refractivity contribution in [1.82, 2.24) is 0 Å². The maximum Gasteiger partial charge on any atom is 0.0899 e. The summed E-state index contributed by atoms with van der Waals surface area (Å²) in [5, 5.41) is 28.4. The van der Waals surface area contributed by atoms with E-state index in [0.717, 1.165) is 12.8 Å². The predicted octanol–water partition coefficient (Wildman–Crippen LogP) is 2.62. The molecular formula is C14H30O3. The van der Waals surface area contributed by atoms with Gasteiger partial charge in [-0.3, -0.25) is 0 Å². The van der Waals surface area contributed by atoms with Gasteiger partial charge in [0.1, 0.15) is 0 Å². The van der Waals surface area contributed by atoms with E-state index in [4.69, 9.17) is 5.11 Å². The first-order valence-corrected chi connectivity index (χ1v) is 7.06. The Kier molecular flexibility index (Phi) is 9.79. The average molecular weight is 246 g/mol. The fourth-order valence-corrected chi connectivity index (χ4v) is 2.00. The summed E-state index contributed by atoms with van der Waals surface area (Å²) in [6.45, 7) is 3.72. The molecule has 0 aromatic carbocycles. The molecule has 0 radical (unpaired) electrons. The third kappa shape index (κ3) is 8.58. The molecule has 3 heteroatoms. The van der Waals surface area contributed by atoms with Crippen molar-refractivity contribution >= 4 is 0 Å². The lowest BCUT2D eigenvalue weighted by molar-refractivity contribution is -0.0778. The molecule has 2 unspecified atom stereocenters. The Morgan fingerprint density at radius 3 is 2.06 bits per heavy atom. The Labute approximate surface area is 106 Å². The van der Waals surface area contributed by atoms with Crippen molar-refractivity contribution in [1.29, 1.82) is 0 Å².